The first-order valence-corrected chi connectivity index (χ1v) is 4.28. The average Bonchev–Trinajstić information content (AvgIpc) is 2.70. The van der Waals surface area contributed by atoms with Crippen LogP contribution >= 0.6 is 0 Å². The highest BCUT2D eigenvalue weighted by Gasteiger charge is 2.12. The zero-order valence-electron chi connectivity index (χ0n) is 7.64. The molecule has 1 unspecified atom stereocenters. The van der Waals surface area contributed by atoms with Crippen molar-refractivity contribution in [2.75, 3.05) is 0 Å². The van der Waals surface area contributed by atoms with Gasteiger partial charge in [-0.3, -0.25) is 0 Å². The standard InChI is InChI=1S/C9H9N4O/c1-6(14)7-4-2-3-5-8(7)9-10-12-13-11-9/h2-6H,1H3,(H,10,11,12,13). The van der Waals surface area contributed by atoms with Gasteiger partial charge in [-0.05, 0) is 22.9 Å². The molecule has 0 bridgehead atoms. The Bertz CT molecular complexity index is 411. The van der Waals surface area contributed by atoms with E-state index in [1.165, 1.54) is 0 Å². The van der Waals surface area contributed by atoms with Crippen LogP contribution in [0.15, 0.2) is 24.3 Å². The summed E-state index contributed by atoms with van der Waals surface area (Å²) in [7, 11) is 0. The molecule has 2 rings (SSSR count). The van der Waals surface area contributed by atoms with Crippen LogP contribution in [0.3, 0.4) is 0 Å². The van der Waals surface area contributed by atoms with E-state index in [2.05, 4.69) is 20.6 Å². The molecule has 2 aromatic rings. The van der Waals surface area contributed by atoms with Crippen LogP contribution in [0.25, 0.3) is 11.4 Å². The van der Waals surface area contributed by atoms with Crippen molar-refractivity contribution in [1.82, 2.24) is 20.6 Å². The summed E-state index contributed by atoms with van der Waals surface area (Å²) in [5.74, 6) is 0.531. The van der Waals surface area contributed by atoms with Crippen LogP contribution in [0.1, 0.15) is 18.6 Å². The normalized spacial score (nSPS) is 12.7. The van der Waals surface area contributed by atoms with Crippen LogP contribution in [0.2, 0.25) is 0 Å². The molecule has 5 nitrogen and oxygen atoms in total. The van der Waals surface area contributed by atoms with Gasteiger partial charge in [0.1, 0.15) is 6.10 Å². The van der Waals surface area contributed by atoms with Crippen LogP contribution in [0, 0.1) is 0 Å². The second-order valence-electron chi connectivity index (χ2n) is 2.98. The summed E-state index contributed by atoms with van der Waals surface area (Å²) in [4.78, 5) is 0. The molecule has 1 atom stereocenters. The maximum absolute atomic E-state index is 11.4. The smallest absolute Gasteiger partial charge is 0.179 e. The second-order valence-corrected chi connectivity index (χ2v) is 2.98. The number of benzene rings is 1. The molecular formula is C9H9N4O. The molecule has 71 valence electrons. The molecule has 14 heavy (non-hydrogen) atoms. The topological polar surface area (TPSA) is 74.4 Å². The molecule has 1 aromatic heterocycles. The molecule has 0 fully saturated rings. The maximum atomic E-state index is 11.4. The van der Waals surface area contributed by atoms with Gasteiger partial charge in [0.05, 0.1) is 0 Å². The fraction of sp³-hybridized carbons (Fsp3) is 0.222. The number of hydrogen-bond donors (Lipinski definition) is 1. The lowest BCUT2D eigenvalue weighted by Crippen LogP contribution is -1.94. The number of nitrogens with one attached hydrogen (secondary N) is 1. The van der Waals surface area contributed by atoms with Gasteiger partial charge in [-0.15, -0.1) is 5.10 Å². The summed E-state index contributed by atoms with van der Waals surface area (Å²) in [6, 6.07) is 7.29. The Morgan fingerprint density at radius 2 is 2.14 bits per heavy atom. The molecule has 0 saturated carbocycles. The van der Waals surface area contributed by atoms with Gasteiger partial charge in [0, 0.05) is 5.56 Å². The molecule has 0 aliphatic carbocycles. The zero-order chi connectivity index (χ0) is 9.97. The van der Waals surface area contributed by atoms with Crippen molar-refractivity contribution in [1.29, 1.82) is 0 Å². The van der Waals surface area contributed by atoms with Crippen LogP contribution in [0.4, 0.5) is 0 Å². The average molecular weight is 189 g/mol. The second kappa shape index (κ2) is 3.55. The number of nitrogens with zero attached hydrogens (tertiary/aromatic N) is 3. The number of hydrogen-bond acceptors (Lipinski definition) is 3. The molecule has 0 aliphatic rings. The van der Waals surface area contributed by atoms with Gasteiger partial charge >= 0.3 is 0 Å². The minimum absolute atomic E-state index is 0.531. The molecular weight excluding hydrogens is 180 g/mol. The van der Waals surface area contributed by atoms with Crippen LogP contribution in [-0.2, 0) is 5.11 Å². The monoisotopic (exact) mass is 189 g/mol. The Morgan fingerprint density at radius 1 is 1.36 bits per heavy atom. The number of H-pyrrole nitrogens is 1. The van der Waals surface area contributed by atoms with E-state index in [1.54, 1.807) is 13.0 Å². The third kappa shape index (κ3) is 1.49. The molecule has 0 aliphatic heterocycles. The van der Waals surface area contributed by atoms with Crippen molar-refractivity contribution < 1.29 is 5.11 Å². The van der Waals surface area contributed by atoms with Crippen molar-refractivity contribution in [2.45, 2.75) is 13.0 Å². The SMILES string of the molecule is CC([O])c1ccccc1-c1nnn[nH]1. The molecule has 5 heteroatoms. The minimum atomic E-state index is -0.781. The Balaban J connectivity index is 2.53. The Kier molecular flexibility index (Phi) is 2.24. The van der Waals surface area contributed by atoms with E-state index < -0.39 is 6.10 Å². The fourth-order valence-corrected chi connectivity index (χ4v) is 1.34. The van der Waals surface area contributed by atoms with E-state index >= 15 is 0 Å². The van der Waals surface area contributed by atoms with Gasteiger partial charge in [0.2, 0.25) is 0 Å². The van der Waals surface area contributed by atoms with Crippen LogP contribution in [0.5, 0.6) is 0 Å². The minimum Gasteiger partial charge on any atom is -0.239 e. The molecule has 1 aromatic carbocycles. The quantitative estimate of drug-likeness (QED) is 0.774. The summed E-state index contributed by atoms with van der Waals surface area (Å²) in [6.45, 7) is 1.60. The van der Waals surface area contributed by atoms with E-state index in [-0.39, 0.29) is 0 Å². The first-order chi connectivity index (χ1) is 6.79. The van der Waals surface area contributed by atoms with Gasteiger partial charge in [-0.1, -0.05) is 24.3 Å². The molecule has 1 radical (unpaired) electrons. The summed E-state index contributed by atoms with van der Waals surface area (Å²) >= 11 is 0. The number of tetrazole rings is 1. The summed E-state index contributed by atoms with van der Waals surface area (Å²) < 4.78 is 0. The zero-order valence-corrected chi connectivity index (χ0v) is 7.64. The number of aromatic nitrogens is 4. The molecule has 0 spiro atoms. The third-order valence-corrected chi connectivity index (χ3v) is 2.00. The fourth-order valence-electron chi connectivity index (χ4n) is 1.34. The Morgan fingerprint density at radius 3 is 2.79 bits per heavy atom. The number of rotatable bonds is 2. The summed E-state index contributed by atoms with van der Waals surface area (Å²) in [5, 5.41) is 24.7. The van der Waals surface area contributed by atoms with Crippen LogP contribution < -0.4 is 0 Å². The lowest BCUT2D eigenvalue weighted by atomic mass is 10.0. The van der Waals surface area contributed by atoms with Crippen molar-refractivity contribution >= 4 is 0 Å². The highest BCUT2D eigenvalue weighted by Crippen LogP contribution is 2.24. The first kappa shape index (κ1) is 8.83. The highest BCUT2D eigenvalue weighted by molar-refractivity contribution is 5.59. The largest absolute Gasteiger partial charge is 0.239 e. The molecule has 1 heterocycles. The maximum Gasteiger partial charge on any atom is 0.179 e. The summed E-state index contributed by atoms with van der Waals surface area (Å²) in [5.41, 5.74) is 1.46. The van der Waals surface area contributed by atoms with E-state index in [4.69, 9.17) is 0 Å². The van der Waals surface area contributed by atoms with Gasteiger partial charge in [-0.25, -0.2) is 10.2 Å². The molecule has 0 saturated heterocycles. The van der Waals surface area contributed by atoms with Crippen molar-refractivity contribution in [3.63, 3.8) is 0 Å². The van der Waals surface area contributed by atoms with Gasteiger partial charge in [0.25, 0.3) is 0 Å². The Labute approximate surface area is 80.8 Å². The van der Waals surface area contributed by atoms with Gasteiger partial charge < -0.3 is 0 Å². The van der Waals surface area contributed by atoms with E-state index in [0.29, 0.717) is 11.4 Å². The Hall–Kier alpha value is -1.75. The lowest BCUT2D eigenvalue weighted by Gasteiger charge is -2.06. The highest BCUT2D eigenvalue weighted by atomic mass is 16.3. The van der Waals surface area contributed by atoms with Crippen LogP contribution in [-0.4, -0.2) is 20.6 Å². The van der Waals surface area contributed by atoms with Crippen molar-refractivity contribution in [3.05, 3.63) is 29.8 Å². The van der Waals surface area contributed by atoms with Gasteiger partial charge in [0.15, 0.2) is 5.82 Å². The van der Waals surface area contributed by atoms with E-state index in [0.717, 1.165) is 5.56 Å². The lowest BCUT2D eigenvalue weighted by molar-refractivity contribution is 0.107. The van der Waals surface area contributed by atoms with Crippen molar-refractivity contribution in [3.8, 4) is 11.4 Å². The first-order valence-electron chi connectivity index (χ1n) is 4.28. The summed E-state index contributed by atoms with van der Waals surface area (Å²) in [6.07, 6.45) is -0.781. The molecule has 1 N–H and O–H groups in total. The number of aromatic amines is 1. The van der Waals surface area contributed by atoms with E-state index in [1.807, 2.05) is 18.2 Å². The van der Waals surface area contributed by atoms with Crippen molar-refractivity contribution in [2.24, 2.45) is 0 Å². The van der Waals surface area contributed by atoms with Gasteiger partial charge in [-0.2, -0.15) is 0 Å². The molecule has 0 amide bonds. The third-order valence-electron chi connectivity index (χ3n) is 2.00. The predicted octanol–water partition coefficient (Wildman–Crippen LogP) is 1.36. The predicted molar refractivity (Wildman–Crippen MR) is 48.7 cm³/mol. The van der Waals surface area contributed by atoms with E-state index in [9.17, 15) is 5.11 Å².